The summed E-state index contributed by atoms with van der Waals surface area (Å²) in [5, 5.41) is 2.69. The van der Waals surface area contributed by atoms with Crippen molar-refractivity contribution in [2.24, 2.45) is 5.18 Å². The van der Waals surface area contributed by atoms with Crippen LogP contribution in [0.15, 0.2) is 23.2 Å². The van der Waals surface area contributed by atoms with Crippen LogP contribution in [0.1, 0.15) is 6.92 Å². The molecule has 0 saturated heterocycles. The van der Waals surface area contributed by atoms with Gasteiger partial charge in [-0.05, 0) is 0 Å². The van der Waals surface area contributed by atoms with Gasteiger partial charge in [0.2, 0.25) is 0 Å². The van der Waals surface area contributed by atoms with Crippen LogP contribution in [-0.2, 0) is 23.9 Å². The predicted octanol–water partition coefficient (Wildman–Crippen LogP) is -0.510. The van der Waals surface area contributed by atoms with E-state index in [1.165, 1.54) is 21.1 Å². The molecule has 7 nitrogen and oxygen atoms in total. The Hall–Kier alpha value is -1.27. The quantitative estimate of drug-likeness (QED) is 0.274. The molecular formula is C10H9NO6Se2. The average Bonchev–Trinajstić information content (AvgIpc) is 2.82. The number of rotatable bonds is 4. The van der Waals surface area contributed by atoms with Crippen molar-refractivity contribution in [3.8, 4) is 0 Å². The minimum absolute atomic E-state index is 0.180. The number of carbonyl (C=O) groups excluding carboxylic acids is 3. The van der Waals surface area contributed by atoms with E-state index in [2.05, 4.69) is 14.7 Å². The second-order valence-corrected chi connectivity index (χ2v) is 8.72. The Bertz CT molecular complexity index is 492. The molecular weight excluding hydrogens is 388 g/mol. The summed E-state index contributed by atoms with van der Waals surface area (Å²) in [5.74, 6) is -1.78. The fraction of sp³-hybridized carbons (Fsp3) is 0.300. The molecule has 0 radical (unpaired) electrons. The number of hydrogen-bond acceptors (Lipinski definition) is 7. The topological polar surface area (TPSA) is 99.1 Å². The van der Waals surface area contributed by atoms with Gasteiger partial charge in [-0.3, -0.25) is 0 Å². The first-order chi connectivity index (χ1) is 8.96. The van der Waals surface area contributed by atoms with Crippen LogP contribution < -0.4 is 0 Å². The van der Waals surface area contributed by atoms with E-state index in [4.69, 9.17) is 0 Å². The molecule has 9 heteroatoms. The molecule has 0 aromatic heterocycles. The Labute approximate surface area is 121 Å². The normalized spacial score (nSPS) is 14.2. The van der Waals surface area contributed by atoms with Gasteiger partial charge in [0.25, 0.3) is 0 Å². The molecule has 0 N–H and O–H groups in total. The van der Waals surface area contributed by atoms with Gasteiger partial charge in [0.15, 0.2) is 0 Å². The Kier molecular flexibility index (Phi) is 5.62. The van der Waals surface area contributed by atoms with Crippen LogP contribution in [0.2, 0.25) is 0 Å². The molecule has 0 unspecified atom stereocenters. The third-order valence-corrected chi connectivity index (χ3v) is 8.43. The summed E-state index contributed by atoms with van der Waals surface area (Å²) >= 11 is -1.24. The molecule has 102 valence electrons. The third kappa shape index (κ3) is 3.39. The van der Waals surface area contributed by atoms with Crippen molar-refractivity contribution < 1.29 is 23.9 Å². The van der Waals surface area contributed by atoms with Crippen LogP contribution in [0.5, 0.6) is 0 Å². The monoisotopic (exact) mass is 399 g/mol. The second kappa shape index (κ2) is 6.77. The first kappa shape index (κ1) is 15.8. The summed E-state index contributed by atoms with van der Waals surface area (Å²) < 4.78 is 9.98. The van der Waals surface area contributed by atoms with Crippen LogP contribution >= 0.6 is 0 Å². The molecule has 0 aromatic rings. The predicted molar refractivity (Wildman–Crippen MR) is 66.1 cm³/mol. The van der Waals surface area contributed by atoms with E-state index in [1.807, 2.05) is 0 Å². The van der Waals surface area contributed by atoms with Gasteiger partial charge in [-0.15, -0.1) is 0 Å². The molecule has 0 atom stereocenters. The van der Waals surface area contributed by atoms with E-state index in [9.17, 15) is 19.3 Å². The maximum atomic E-state index is 11.6. The number of methoxy groups -OCH3 is 2. The van der Waals surface area contributed by atoms with Crippen molar-refractivity contribution in [2.45, 2.75) is 6.92 Å². The molecule has 0 fully saturated rings. The van der Waals surface area contributed by atoms with Crippen LogP contribution in [0.4, 0.5) is 0 Å². The fourth-order valence-electron chi connectivity index (χ4n) is 1.09. The molecule has 0 bridgehead atoms. The van der Waals surface area contributed by atoms with Gasteiger partial charge in [-0.25, -0.2) is 0 Å². The van der Waals surface area contributed by atoms with Gasteiger partial charge in [0, 0.05) is 0 Å². The van der Waals surface area contributed by atoms with Gasteiger partial charge < -0.3 is 0 Å². The van der Waals surface area contributed by atoms with E-state index >= 15 is 0 Å². The number of carbonyl (C=O) groups is 3. The molecule has 0 aromatic carbocycles. The van der Waals surface area contributed by atoms with Crippen molar-refractivity contribution in [1.82, 2.24) is 0 Å². The molecule has 19 heavy (non-hydrogen) atoms. The molecule has 1 rings (SSSR count). The summed E-state index contributed by atoms with van der Waals surface area (Å²) in [6.07, 6.45) is 0. The van der Waals surface area contributed by atoms with E-state index in [1.54, 1.807) is 0 Å². The molecule has 1 aliphatic heterocycles. The molecule has 0 aliphatic carbocycles. The summed E-state index contributed by atoms with van der Waals surface area (Å²) in [6.45, 7) is 1.21. The average molecular weight is 397 g/mol. The summed E-state index contributed by atoms with van der Waals surface area (Å²) in [7, 11) is 2.39. The summed E-state index contributed by atoms with van der Waals surface area (Å²) in [5.41, 5.74) is -0.208. The van der Waals surface area contributed by atoms with Crippen molar-refractivity contribution in [1.29, 1.82) is 0 Å². The second-order valence-electron chi connectivity index (χ2n) is 3.13. The van der Waals surface area contributed by atoms with Crippen LogP contribution in [0.25, 0.3) is 0 Å². The number of hydrogen-bond donors (Lipinski definition) is 0. The van der Waals surface area contributed by atoms with Crippen LogP contribution in [0, 0.1) is 4.91 Å². The third-order valence-electron chi connectivity index (χ3n) is 1.96. The van der Waals surface area contributed by atoms with Gasteiger partial charge in [-0.2, -0.15) is 0 Å². The molecule has 1 aliphatic rings. The number of Topliss-reactive ketones (excluding diaryl/α,β-unsaturated/α-hetero) is 1. The van der Waals surface area contributed by atoms with E-state index < -0.39 is 47.6 Å². The number of ketones is 1. The Morgan fingerprint density at radius 1 is 1.00 bits per heavy atom. The standard InChI is InChI=1S/C10H9NO6Se2/c1-4(12)5(11-15)10-18-6(8(13)16-2)7(19-10)9(14)17-3/h1-3H3. The number of nitroso groups, excluding NO2 is 1. The van der Waals surface area contributed by atoms with Crippen molar-refractivity contribution in [3.05, 3.63) is 22.9 Å². The minimum atomic E-state index is -0.647. The molecule has 0 saturated carbocycles. The first-order valence-electron chi connectivity index (χ1n) is 4.81. The van der Waals surface area contributed by atoms with Gasteiger partial charge in [0.05, 0.1) is 0 Å². The van der Waals surface area contributed by atoms with Crippen LogP contribution in [0.3, 0.4) is 0 Å². The van der Waals surface area contributed by atoms with Gasteiger partial charge in [0.1, 0.15) is 0 Å². The maximum absolute atomic E-state index is 11.6. The van der Waals surface area contributed by atoms with Gasteiger partial charge in [-0.1, -0.05) is 0 Å². The Morgan fingerprint density at radius 3 is 1.68 bits per heavy atom. The zero-order valence-electron chi connectivity index (χ0n) is 10.2. The van der Waals surface area contributed by atoms with Crippen molar-refractivity contribution >= 4 is 47.6 Å². The SMILES string of the molecule is COC(=O)C1=C(C(=O)OC)[Se]C(=C(N=O)C(C)=O)[Se]1. The van der Waals surface area contributed by atoms with E-state index in [0.717, 1.165) is 0 Å². The summed E-state index contributed by atoms with van der Waals surface area (Å²) in [4.78, 5) is 45.1. The number of allylic oxidation sites excluding steroid dienone is 1. The Balaban J connectivity index is 3.24. The van der Waals surface area contributed by atoms with Crippen molar-refractivity contribution in [3.63, 3.8) is 0 Å². The zero-order valence-corrected chi connectivity index (χ0v) is 13.6. The first-order valence-corrected chi connectivity index (χ1v) is 8.24. The molecule has 0 amide bonds. The molecule has 1 heterocycles. The summed E-state index contributed by atoms with van der Waals surface area (Å²) in [6, 6.07) is 0. The molecule has 0 spiro atoms. The van der Waals surface area contributed by atoms with Gasteiger partial charge >= 0.3 is 121 Å². The number of esters is 2. The Morgan fingerprint density at radius 2 is 1.42 bits per heavy atom. The zero-order chi connectivity index (χ0) is 14.6. The number of ether oxygens (including phenoxy) is 2. The van der Waals surface area contributed by atoms with E-state index in [0.29, 0.717) is 3.37 Å². The van der Waals surface area contributed by atoms with Crippen molar-refractivity contribution in [2.75, 3.05) is 14.2 Å². The fourth-order valence-corrected chi connectivity index (χ4v) is 7.74. The van der Waals surface area contributed by atoms with Crippen LogP contribution in [-0.4, -0.2) is 61.9 Å². The number of nitrogens with zero attached hydrogens (tertiary/aromatic N) is 1. The van der Waals surface area contributed by atoms with E-state index in [-0.39, 0.29) is 14.6 Å².